The van der Waals surface area contributed by atoms with Crippen LogP contribution in [0.1, 0.15) is 59.4 Å². The second-order valence-corrected chi connectivity index (χ2v) is 21.1. The molecule has 15 rings (SSSR count). The van der Waals surface area contributed by atoms with Crippen LogP contribution in [0.2, 0.25) is 0 Å². The molecule has 0 aromatic heterocycles. The van der Waals surface area contributed by atoms with Crippen molar-refractivity contribution in [1.29, 1.82) is 0 Å². The van der Waals surface area contributed by atoms with E-state index in [0.717, 1.165) is 40.3 Å². The second kappa shape index (κ2) is 17.2. The number of fused-ring (bicyclic) bond motifs is 13. The summed E-state index contributed by atoms with van der Waals surface area (Å²) in [4.78, 5) is 4.98. The predicted octanol–water partition coefficient (Wildman–Crippen LogP) is 19.4. The summed E-state index contributed by atoms with van der Waals surface area (Å²) >= 11 is 0. The van der Waals surface area contributed by atoms with Crippen molar-refractivity contribution in [2.75, 3.05) is 9.80 Å². The molecule has 0 heterocycles. The van der Waals surface area contributed by atoms with Crippen LogP contribution in [0.4, 0.5) is 34.1 Å². The number of rotatable bonds is 9. The van der Waals surface area contributed by atoms with Crippen molar-refractivity contribution >= 4 is 44.9 Å². The van der Waals surface area contributed by atoms with Gasteiger partial charge in [-0.15, -0.1) is 0 Å². The highest BCUT2D eigenvalue weighted by Gasteiger charge is 2.52. The zero-order chi connectivity index (χ0) is 48.7. The van der Waals surface area contributed by atoms with Gasteiger partial charge in [0.2, 0.25) is 0 Å². The van der Waals surface area contributed by atoms with Crippen LogP contribution >= 0.6 is 0 Å². The Bertz CT molecular complexity index is 3900. The molecule has 352 valence electrons. The van der Waals surface area contributed by atoms with E-state index < -0.39 is 5.41 Å². The summed E-state index contributed by atoms with van der Waals surface area (Å²) in [5, 5.41) is 2.43. The Kier molecular flexibility index (Phi) is 9.98. The average Bonchev–Trinajstić information content (AvgIpc) is 4.33. The van der Waals surface area contributed by atoms with Crippen molar-refractivity contribution in [3.05, 3.63) is 289 Å². The van der Waals surface area contributed by atoms with Crippen molar-refractivity contribution in [3.8, 4) is 44.5 Å². The number of para-hydroxylation sites is 2. The fourth-order valence-electron chi connectivity index (χ4n) is 14.2. The first-order valence-electron chi connectivity index (χ1n) is 26.7. The van der Waals surface area contributed by atoms with Gasteiger partial charge in [0.25, 0.3) is 0 Å². The van der Waals surface area contributed by atoms with E-state index in [0.29, 0.717) is 5.92 Å². The zero-order valence-corrected chi connectivity index (χ0v) is 41.3. The molecule has 0 saturated heterocycles. The first-order valence-corrected chi connectivity index (χ1v) is 26.7. The maximum Gasteiger partial charge on any atom is 0.0727 e. The van der Waals surface area contributed by atoms with E-state index in [1.54, 1.807) is 0 Å². The number of hydrogen-bond donors (Lipinski definition) is 0. The molecule has 0 aliphatic heterocycles. The maximum absolute atomic E-state index is 2.53. The van der Waals surface area contributed by atoms with Crippen molar-refractivity contribution in [1.82, 2.24) is 0 Å². The molecule has 11 aromatic rings. The van der Waals surface area contributed by atoms with Crippen molar-refractivity contribution < 1.29 is 0 Å². The van der Waals surface area contributed by atoms with Crippen LogP contribution in [0.5, 0.6) is 0 Å². The molecule has 2 nitrogen and oxygen atoms in total. The third-order valence-electron chi connectivity index (χ3n) is 17.3. The summed E-state index contributed by atoms with van der Waals surface area (Å²) in [5.41, 5.74) is 23.0. The Balaban J connectivity index is 0.930. The van der Waals surface area contributed by atoms with Crippen molar-refractivity contribution in [3.63, 3.8) is 0 Å². The molecule has 4 atom stereocenters. The van der Waals surface area contributed by atoms with Gasteiger partial charge in [0.1, 0.15) is 0 Å². The third kappa shape index (κ3) is 6.64. The number of nitrogens with zero attached hydrogens (tertiary/aromatic N) is 2. The molecular formula is C72H54N2. The van der Waals surface area contributed by atoms with Gasteiger partial charge in [-0.1, -0.05) is 201 Å². The molecule has 2 fully saturated rings. The smallest absolute Gasteiger partial charge is 0.0727 e. The molecule has 1 spiro atoms. The van der Waals surface area contributed by atoms with Crippen LogP contribution in [-0.2, 0) is 5.41 Å². The highest BCUT2D eigenvalue weighted by atomic mass is 15.1. The number of anilines is 6. The number of benzene rings is 11. The largest absolute Gasteiger partial charge is 0.310 e. The molecule has 0 N–H and O–H groups in total. The van der Waals surface area contributed by atoms with Gasteiger partial charge in [-0.25, -0.2) is 0 Å². The predicted molar refractivity (Wildman–Crippen MR) is 309 cm³/mol. The van der Waals surface area contributed by atoms with Gasteiger partial charge in [-0.3, -0.25) is 0 Å². The molecule has 2 saturated carbocycles. The molecule has 4 aliphatic rings. The molecule has 74 heavy (non-hydrogen) atoms. The quantitative estimate of drug-likeness (QED) is 0.142. The lowest BCUT2D eigenvalue weighted by atomic mass is 9.70. The Labute approximate surface area is 434 Å². The van der Waals surface area contributed by atoms with E-state index in [4.69, 9.17) is 0 Å². The summed E-state index contributed by atoms with van der Waals surface area (Å²) in [6.45, 7) is 0. The summed E-state index contributed by atoms with van der Waals surface area (Å²) in [6.07, 6.45) is 5.57. The molecular weight excluding hydrogens is 893 g/mol. The first-order chi connectivity index (χ1) is 36.7. The topological polar surface area (TPSA) is 6.48 Å². The molecule has 0 radical (unpaired) electrons. The fraction of sp³-hybridized carbons (Fsp3) is 0.111. The lowest BCUT2D eigenvalue weighted by Gasteiger charge is -2.34. The van der Waals surface area contributed by atoms with E-state index in [2.05, 4.69) is 271 Å². The summed E-state index contributed by atoms with van der Waals surface area (Å²) in [6, 6.07) is 97.9. The van der Waals surface area contributed by atoms with Crippen molar-refractivity contribution in [2.45, 2.75) is 37.0 Å². The van der Waals surface area contributed by atoms with Crippen LogP contribution < -0.4 is 9.80 Å². The summed E-state index contributed by atoms with van der Waals surface area (Å²) in [5.74, 6) is 2.45. The SMILES string of the molecule is c1ccc(-c2ccc(-c3c(N(c4ccccc4)c4ccc5c(c4)C4(c6ccccc6-c6ccc(N(c7ccccc7)c7ccc(C8CC9CCC8C9)cc7)cc64)c4ccccc4-5)ccc4ccccc34)cc2)cc1. The van der Waals surface area contributed by atoms with E-state index in [-0.39, 0.29) is 0 Å². The minimum atomic E-state index is -0.584. The average molecular weight is 947 g/mol. The Morgan fingerprint density at radius 2 is 0.838 bits per heavy atom. The lowest BCUT2D eigenvalue weighted by Crippen LogP contribution is -2.26. The minimum absolute atomic E-state index is 0.584. The van der Waals surface area contributed by atoms with Crippen LogP contribution in [0.25, 0.3) is 55.3 Å². The van der Waals surface area contributed by atoms with Crippen molar-refractivity contribution in [2.24, 2.45) is 11.8 Å². The Morgan fingerprint density at radius 1 is 0.338 bits per heavy atom. The van der Waals surface area contributed by atoms with Crippen LogP contribution in [0, 0.1) is 11.8 Å². The molecule has 4 aliphatic carbocycles. The monoisotopic (exact) mass is 946 g/mol. The molecule has 0 amide bonds. The van der Waals surface area contributed by atoms with E-state index in [1.165, 1.54) is 114 Å². The Hall–Kier alpha value is -8.72. The number of hydrogen-bond acceptors (Lipinski definition) is 2. The Morgan fingerprint density at radius 3 is 1.46 bits per heavy atom. The molecule has 2 heteroatoms. The molecule has 11 aromatic carbocycles. The van der Waals surface area contributed by atoms with Gasteiger partial charge in [0, 0.05) is 34.0 Å². The van der Waals surface area contributed by atoms with E-state index in [9.17, 15) is 0 Å². The van der Waals surface area contributed by atoms with Gasteiger partial charge in [0.05, 0.1) is 11.1 Å². The summed E-state index contributed by atoms with van der Waals surface area (Å²) in [7, 11) is 0. The summed E-state index contributed by atoms with van der Waals surface area (Å²) < 4.78 is 0. The van der Waals surface area contributed by atoms with Gasteiger partial charge < -0.3 is 9.80 Å². The van der Waals surface area contributed by atoms with Gasteiger partial charge in [-0.2, -0.15) is 0 Å². The van der Waals surface area contributed by atoms with Crippen LogP contribution in [0.15, 0.2) is 261 Å². The minimum Gasteiger partial charge on any atom is -0.310 e. The van der Waals surface area contributed by atoms with Gasteiger partial charge in [0.15, 0.2) is 0 Å². The first kappa shape index (κ1) is 42.9. The highest BCUT2D eigenvalue weighted by Crippen LogP contribution is 2.64. The third-order valence-corrected chi connectivity index (χ3v) is 17.3. The van der Waals surface area contributed by atoms with Crippen LogP contribution in [0.3, 0.4) is 0 Å². The second-order valence-electron chi connectivity index (χ2n) is 21.1. The van der Waals surface area contributed by atoms with E-state index in [1.807, 2.05) is 0 Å². The zero-order valence-electron chi connectivity index (χ0n) is 41.3. The van der Waals surface area contributed by atoms with E-state index >= 15 is 0 Å². The van der Waals surface area contributed by atoms with Crippen LogP contribution in [-0.4, -0.2) is 0 Å². The lowest BCUT2D eigenvalue weighted by molar-refractivity contribution is 0.420. The van der Waals surface area contributed by atoms with Gasteiger partial charge >= 0.3 is 0 Å². The standard InChI is InChI=1S/C72H54N2/c1-4-16-49(17-5-1)50-30-32-53(33-31-50)71-60-23-11-10-18-51(60)36-43-70(71)74(56-21-8-3-9-22-56)59-40-42-64-62-25-13-15-27-67(62)72(69(64)47-59)66-26-14-12-24-61(66)63-41-39-58(46-68(63)72)73(55-19-6-2-7-20-55)57-37-34-52(35-38-57)65-45-48-28-29-54(65)44-48/h1-27,30-43,46-48,54,65H,28-29,44-45H2. The fourth-order valence-corrected chi connectivity index (χ4v) is 14.2. The molecule has 4 unspecified atom stereocenters. The highest BCUT2D eigenvalue weighted by molar-refractivity contribution is 6.06. The molecule has 2 bridgehead atoms. The van der Waals surface area contributed by atoms with Gasteiger partial charge in [-0.05, 0) is 181 Å². The normalized spacial score (nSPS) is 18.5. The maximum atomic E-state index is 2.53.